The average molecular weight is 243 g/mol. The summed E-state index contributed by atoms with van der Waals surface area (Å²) >= 11 is 1.68. The van der Waals surface area contributed by atoms with Gasteiger partial charge in [0.05, 0.1) is 6.54 Å². The van der Waals surface area contributed by atoms with Crippen molar-refractivity contribution in [3.05, 3.63) is 10.0 Å². The molecule has 0 aliphatic carbocycles. The van der Waals surface area contributed by atoms with Crippen molar-refractivity contribution in [2.24, 2.45) is 0 Å². The fraction of sp³-hybridized carbons (Fsp3) is 0.818. The van der Waals surface area contributed by atoms with Crippen LogP contribution in [0.25, 0.3) is 0 Å². The van der Waals surface area contributed by atoms with E-state index in [0.29, 0.717) is 0 Å². The van der Waals surface area contributed by atoms with Crippen LogP contribution in [0.5, 0.6) is 0 Å². The minimum Gasteiger partial charge on any atom is -0.385 e. The van der Waals surface area contributed by atoms with E-state index in [1.54, 1.807) is 18.4 Å². The lowest BCUT2D eigenvalue weighted by molar-refractivity contribution is 0.195. The van der Waals surface area contributed by atoms with Crippen LogP contribution in [0.15, 0.2) is 0 Å². The Labute approximate surface area is 101 Å². The molecular formula is C11H21N3OS. The minimum absolute atomic E-state index is 0.127. The molecule has 1 rings (SSSR count). The number of hydrogen-bond acceptors (Lipinski definition) is 5. The molecule has 0 radical (unpaired) electrons. The van der Waals surface area contributed by atoms with E-state index in [9.17, 15) is 0 Å². The number of ether oxygens (including phenoxy) is 1. The van der Waals surface area contributed by atoms with Gasteiger partial charge in [-0.25, -0.2) is 0 Å². The number of nitrogens with one attached hydrogen (secondary N) is 1. The Morgan fingerprint density at radius 2 is 1.94 bits per heavy atom. The van der Waals surface area contributed by atoms with Crippen LogP contribution < -0.4 is 5.32 Å². The Hall–Kier alpha value is -0.520. The van der Waals surface area contributed by atoms with Crippen molar-refractivity contribution >= 4 is 11.3 Å². The topological polar surface area (TPSA) is 47.0 Å². The van der Waals surface area contributed by atoms with Crippen LogP contribution in [0.3, 0.4) is 0 Å². The quantitative estimate of drug-likeness (QED) is 0.776. The number of aromatic nitrogens is 2. The second-order valence-corrected chi connectivity index (χ2v) is 5.94. The van der Waals surface area contributed by atoms with Gasteiger partial charge in [0.15, 0.2) is 0 Å². The van der Waals surface area contributed by atoms with Crippen molar-refractivity contribution in [3.63, 3.8) is 0 Å². The minimum atomic E-state index is 0.127. The molecule has 4 nitrogen and oxygen atoms in total. The summed E-state index contributed by atoms with van der Waals surface area (Å²) in [5, 5.41) is 13.9. The Kier molecular flexibility index (Phi) is 5.31. The van der Waals surface area contributed by atoms with E-state index >= 15 is 0 Å². The molecule has 1 heterocycles. The summed E-state index contributed by atoms with van der Waals surface area (Å²) < 4.78 is 5.01. The summed E-state index contributed by atoms with van der Waals surface area (Å²) in [4.78, 5) is 0. The van der Waals surface area contributed by atoms with Gasteiger partial charge in [-0.15, -0.1) is 21.5 Å². The molecule has 0 aliphatic rings. The summed E-state index contributed by atoms with van der Waals surface area (Å²) in [5.74, 6) is 0. The van der Waals surface area contributed by atoms with E-state index < -0.39 is 0 Å². The van der Waals surface area contributed by atoms with E-state index in [1.165, 1.54) is 0 Å². The Morgan fingerprint density at radius 3 is 2.56 bits per heavy atom. The SMILES string of the molecule is COCCCc1nnc(CNC(C)(C)C)s1. The van der Waals surface area contributed by atoms with Gasteiger partial charge in [0.25, 0.3) is 0 Å². The van der Waals surface area contributed by atoms with Crippen LogP contribution in [-0.2, 0) is 17.7 Å². The fourth-order valence-corrected chi connectivity index (χ4v) is 2.00. The lowest BCUT2D eigenvalue weighted by Crippen LogP contribution is -2.35. The third-order valence-corrected chi connectivity index (χ3v) is 3.00. The third kappa shape index (κ3) is 5.53. The number of methoxy groups -OCH3 is 1. The molecule has 0 spiro atoms. The van der Waals surface area contributed by atoms with Crippen molar-refractivity contribution < 1.29 is 4.74 Å². The maximum atomic E-state index is 5.01. The molecular weight excluding hydrogens is 222 g/mol. The highest BCUT2D eigenvalue weighted by Crippen LogP contribution is 2.12. The van der Waals surface area contributed by atoms with Crippen LogP contribution >= 0.6 is 11.3 Å². The van der Waals surface area contributed by atoms with E-state index in [4.69, 9.17) is 4.74 Å². The lowest BCUT2D eigenvalue weighted by Gasteiger charge is -2.19. The van der Waals surface area contributed by atoms with Gasteiger partial charge in [0, 0.05) is 25.7 Å². The summed E-state index contributed by atoms with van der Waals surface area (Å²) in [7, 11) is 1.72. The van der Waals surface area contributed by atoms with Crippen molar-refractivity contribution in [2.75, 3.05) is 13.7 Å². The highest BCUT2D eigenvalue weighted by Gasteiger charge is 2.10. The molecule has 16 heavy (non-hydrogen) atoms. The van der Waals surface area contributed by atoms with E-state index in [1.807, 2.05) is 0 Å². The monoisotopic (exact) mass is 243 g/mol. The van der Waals surface area contributed by atoms with Crippen LogP contribution in [-0.4, -0.2) is 29.5 Å². The Morgan fingerprint density at radius 1 is 1.25 bits per heavy atom. The lowest BCUT2D eigenvalue weighted by atomic mass is 10.1. The first-order valence-electron chi connectivity index (χ1n) is 5.56. The molecule has 1 aromatic heterocycles. The molecule has 0 atom stereocenters. The van der Waals surface area contributed by atoms with E-state index in [0.717, 1.165) is 36.0 Å². The largest absolute Gasteiger partial charge is 0.385 e. The normalized spacial score (nSPS) is 12.0. The molecule has 0 saturated heterocycles. The molecule has 1 aromatic rings. The van der Waals surface area contributed by atoms with Crippen molar-refractivity contribution in [3.8, 4) is 0 Å². The van der Waals surface area contributed by atoms with Gasteiger partial charge in [-0.3, -0.25) is 0 Å². The molecule has 0 saturated carbocycles. The fourth-order valence-electron chi connectivity index (χ4n) is 1.17. The first kappa shape index (κ1) is 13.5. The molecule has 0 amide bonds. The van der Waals surface area contributed by atoms with Crippen molar-refractivity contribution in [1.29, 1.82) is 0 Å². The van der Waals surface area contributed by atoms with Crippen molar-refractivity contribution in [2.45, 2.75) is 45.7 Å². The van der Waals surface area contributed by atoms with Gasteiger partial charge in [0.2, 0.25) is 0 Å². The maximum absolute atomic E-state index is 5.01. The van der Waals surface area contributed by atoms with Crippen LogP contribution in [0.2, 0.25) is 0 Å². The molecule has 0 aliphatic heterocycles. The van der Waals surface area contributed by atoms with Gasteiger partial charge in [-0.1, -0.05) is 0 Å². The zero-order valence-electron chi connectivity index (χ0n) is 10.5. The zero-order valence-corrected chi connectivity index (χ0v) is 11.4. The molecule has 0 aromatic carbocycles. The Balaban J connectivity index is 2.33. The van der Waals surface area contributed by atoms with Gasteiger partial charge in [-0.05, 0) is 27.2 Å². The highest BCUT2D eigenvalue weighted by molar-refractivity contribution is 7.11. The number of rotatable bonds is 6. The first-order chi connectivity index (χ1) is 7.51. The van der Waals surface area contributed by atoms with Crippen molar-refractivity contribution in [1.82, 2.24) is 15.5 Å². The number of aryl methyl sites for hydroxylation is 1. The van der Waals surface area contributed by atoms with Gasteiger partial charge in [-0.2, -0.15) is 0 Å². The molecule has 1 N–H and O–H groups in total. The molecule has 0 fully saturated rings. The van der Waals surface area contributed by atoms with E-state index in [2.05, 4.69) is 36.3 Å². The zero-order chi connectivity index (χ0) is 12.0. The second kappa shape index (κ2) is 6.27. The van der Waals surface area contributed by atoms with Crippen LogP contribution in [0, 0.1) is 0 Å². The summed E-state index contributed by atoms with van der Waals surface area (Å²) in [6.07, 6.45) is 1.97. The number of nitrogens with zero attached hydrogens (tertiary/aromatic N) is 2. The van der Waals surface area contributed by atoms with Crippen LogP contribution in [0.4, 0.5) is 0 Å². The van der Waals surface area contributed by atoms with Gasteiger partial charge >= 0.3 is 0 Å². The molecule has 0 bridgehead atoms. The summed E-state index contributed by atoms with van der Waals surface area (Å²) in [5.41, 5.74) is 0.127. The highest BCUT2D eigenvalue weighted by atomic mass is 32.1. The average Bonchev–Trinajstić information content (AvgIpc) is 2.62. The van der Waals surface area contributed by atoms with Gasteiger partial charge < -0.3 is 10.1 Å². The predicted molar refractivity (Wildman–Crippen MR) is 66.7 cm³/mol. The summed E-state index contributed by atoms with van der Waals surface area (Å²) in [6, 6.07) is 0. The molecule has 0 unspecified atom stereocenters. The molecule has 5 heteroatoms. The standard InChI is InChI=1S/C11H21N3OS/c1-11(2,3)12-8-10-14-13-9(16-10)6-5-7-15-4/h12H,5-8H2,1-4H3. The second-order valence-electron chi connectivity index (χ2n) is 4.79. The van der Waals surface area contributed by atoms with Crippen LogP contribution in [0.1, 0.15) is 37.2 Å². The summed E-state index contributed by atoms with van der Waals surface area (Å²) in [6.45, 7) is 8.02. The van der Waals surface area contributed by atoms with E-state index in [-0.39, 0.29) is 5.54 Å². The smallest absolute Gasteiger partial charge is 0.131 e. The Bertz CT molecular complexity index is 306. The predicted octanol–water partition coefficient (Wildman–Crippen LogP) is 2.01. The first-order valence-corrected chi connectivity index (χ1v) is 6.38. The maximum Gasteiger partial charge on any atom is 0.131 e. The molecule has 92 valence electrons. The van der Waals surface area contributed by atoms with Gasteiger partial charge in [0.1, 0.15) is 10.0 Å². The third-order valence-electron chi connectivity index (χ3n) is 2.02. The number of hydrogen-bond donors (Lipinski definition) is 1.